The van der Waals surface area contributed by atoms with E-state index in [9.17, 15) is 4.79 Å². The van der Waals surface area contributed by atoms with Crippen LogP contribution in [0, 0.1) is 0 Å². The van der Waals surface area contributed by atoms with E-state index in [1.807, 2.05) is 0 Å². The van der Waals surface area contributed by atoms with E-state index in [-0.39, 0.29) is 12.2 Å². The van der Waals surface area contributed by atoms with Crippen molar-refractivity contribution >= 4 is 6.16 Å². The predicted molar refractivity (Wildman–Crippen MR) is 36.8 cm³/mol. The molecule has 0 spiro atoms. The molecule has 2 rings (SSSR count). The number of carbonyl (C=O) groups is 1. The van der Waals surface area contributed by atoms with E-state index in [1.54, 1.807) is 0 Å². The molecule has 12 heavy (non-hydrogen) atoms. The monoisotopic (exact) mass is 174 g/mol. The molecule has 2 fully saturated rings. The van der Waals surface area contributed by atoms with Crippen LogP contribution in [0.25, 0.3) is 0 Å². The van der Waals surface area contributed by atoms with Gasteiger partial charge in [-0.05, 0) is 0 Å². The minimum Gasteiger partial charge on any atom is -0.431 e. The number of carbonyl (C=O) groups excluding carboxylic acids is 1. The molecular weight excluding hydrogens is 164 g/mol. The first-order valence-corrected chi connectivity index (χ1v) is 3.87. The van der Waals surface area contributed by atoms with Gasteiger partial charge in [0.15, 0.2) is 0 Å². The van der Waals surface area contributed by atoms with Crippen LogP contribution < -0.4 is 0 Å². The highest BCUT2D eigenvalue weighted by Gasteiger charge is 2.27. The molecule has 2 atom stereocenters. The van der Waals surface area contributed by atoms with Crippen LogP contribution in [0.15, 0.2) is 0 Å². The van der Waals surface area contributed by atoms with Gasteiger partial charge in [-0.25, -0.2) is 4.79 Å². The fraction of sp³-hybridized carbons (Fsp3) is 0.857. The third kappa shape index (κ3) is 2.67. The summed E-state index contributed by atoms with van der Waals surface area (Å²) in [7, 11) is 0. The van der Waals surface area contributed by atoms with E-state index in [0.29, 0.717) is 26.4 Å². The molecule has 2 unspecified atom stereocenters. The van der Waals surface area contributed by atoms with Gasteiger partial charge in [0.1, 0.15) is 25.4 Å². The van der Waals surface area contributed by atoms with Crippen molar-refractivity contribution in [3.63, 3.8) is 0 Å². The van der Waals surface area contributed by atoms with Gasteiger partial charge in [0.2, 0.25) is 0 Å². The highest BCUT2D eigenvalue weighted by molar-refractivity contribution is 5.59. The molecule has 0 aromatic rings. The normalized spacial score (nSPS) is 31.0. The van der Waals surface area contributed by atoms with Crippen molar-refractivity contribution in [2.75, 3.05) is 26.4 Å². The van der Waals surface area contributed by atoms with Gasteiger partial charge in [-0.3, -0.25) is 0 Å². The van der Waals surface area contributed by atoms with Gasteiger partial charge < -0.3 is 18.9 Å². The highest BCUT2D eigenvalue weighted by atomic mass is 16.7. The molecule has 0 N–H and O–H groups in total. The van der Waals surface area contributed by atoms with E-state index in [2.05, 4.69) is 0 Å². The SMILES string of the molecule is O=C(OCC1CO1)OCC1CO1. The fourth-order valence-electron chi connectivity index (χ4n) is 0.692. The molecular formula is C7H10O5. The molecule has 0 aromatic carbocycles. The summed E-state index contributed by atoms with van der Waals surface area (Å²) in [6.07, 6.45) is -0.453. The van der Waals surface area contributed by atoms with Crippen LogP contribution in [0.3, 0.4) is 0 Å². The van der Waals surface area contributed by atoms with E-state index < -0.39 is 6.16 Å². The molecule has 0 amide bonds. The first-order valence-electron chi connectivity index (χ1n) is 3.87. The second kappa shape index (κ2) is 3.28. The smallest absolute Gasteiger partial charge is 0.431 e. The molecule has 0 bridgehead atoms. The van der Waals surface area contributed by atoms with E-state index in [0.717, 1.165) is 0 Å². The summed E-state index contributed by atoms with van der Waals surface area (Å²) >= 11 is 0. The fourth-order valence-corrected chi connectivity index (χ4v) is 0.692. The van der Waals surface area contributed by atoms with E-state index >= 15 is 0 Å². The van der Waals surface area contributed by atoms with E-state index in [1.165, 1.54) is 0 Å². The molecule has 2 aliphatic rings. The van der Waals surface area contributed by atoms with Crippen molar-refractivity contribution in [1.29, 1.82) is 0 Å². The summed E-state index contributed by atoms with van der Waals surface area (Å²) in [5.74, 6) is 0. The van der Waals surface area contributed by atoms with Crippen molar-refractivity contribution in [2.24, 2.45) is 0 Å². The lowest BCUT2D eigenvalue weighted by molar-refractivity contribution is 0.0461. The lowest BCUT2D eigenvalue weighted by Gasteiger charge is -2.02. The standard InChI is InChI=1S/C7H10O5/c8-7(11-3-5-1-9-5)12-4-6-2-10-6/h5-6H,1-4H2. The van der Waals surface area contributed by atoms with Crippen molar-refractivity contribution in [2.45, 2.75) is 12.2 Å². The molecule has 68 valence electrons. The molecule has 5 heteroatoms. The summed E-state index contributed by atoms with van der Waals surface area (Å²) in [5.41, 5.74) is 0. The lowest BCUT2D eigenvalue weighted by atomic mass is 10.5. The van der Waals surface area contributed by atoms with Gasteiger partial charge in [0.25, 0.3) is 0 Å². The number of epoxide rings is 2. The van der Waals surface area contributed by atoms with Crippen LogP contribution in [-0.4, -0.2) is 44.8 Å². The second-order valence-electron chi connectivity index (χ2n) is 2.78. The summed E-state index contributed by atoms with van der Waals surface area (Å²) in [5, 5.41) is 0. The number of hydrogen-bond acceptors (Lipinski definition) is 5. The Kier molecular flexibility index (Phi) is 2.14. The largest absolute Gasteiger partial charge is 0.508 e. The molecule has 0 aliphatic carbocycles. The predicted octanol–water partition coefficient (Wildman–Crippen LogP) is -0.0628. The average molecular weight is 174 g/mol. The van der Waals surface area contributed by atoms with Crippen LogP contribution >= 0.6 is 0 Å². The van der Waals surface area contributed by atoms with Crippen molar-refractivity contribution in [3.05, 3.63) is 0 Å². The minimum atomic E-state index is -0.638. The van der Waals surface area contributed by atoms with Crippen LogP contribution in [0.4, 0.5) is 4.79 Å². The minimum absolute atomic E-state index is 0.0923. The van der Waals surface area contributed by atoms with Gasteiger partial charge in [0, 0.05) is 0 Å². The van der Waals surface area contributed by atoms with Crippen LogP contribution in [0.2, 0.25) is 0 Å². The van der Waals surface area contributed by atoms with Gasteiger partial charge in [0.05, 0.1) is 13.2 Å². The summed E-state index contributed by atoms with van der Waals surface area (Å²) in [6, 6.07) is 0. The van der Waals surface area contributed by atoms with Crippen molar-refractivity contribution in [1.82, 2.24) is 0 Å². The summed E-state index contributed by atoms with van der Waals surface area (Å²) in [6.45, 7) is 1.95. The number of hydrogen-bond donors (Lipinski definition) is 0. The van der Waals surface area contributed by atoms with Crippen molar-refractivity contribution in [3.8, 4) is 0 Å². The first kappa shape index (κ1) is 7.82. The van der Waals surface area contributed by atoms with E-state index in [4.69, 9.17) is 18.9 Å². The zero-order valence-corrected chi connectivity index (χ0v) is 6.52. The summed E-state index contributed by atoms with van der Waals surface area (Å²) in [4.78, 5) is 10.8. The lowest BCUT2D eigenvalue weighted by Crippen LogP contribution is -2.14. The second-order valence-corrected chi connectivity index (χ2v) is 2.78. The van der Waals surface area contributed by atoms with Crippen LogP contribution in [0.5, 0.6) is 0 Å². The van der Waals surface area contributed by atoms with Gasteiger partial charge in [-0.1, -0.05) is 0 Å². The first-order chi connectivity index (χ1) is 5.84. The zero-order valence-electron chi connectivity index (χ0n) is 6.52. The molecule has 2 heterocycles. The molecule has 5 nitrogen and oxygen atoms in total. The average Bonchev–Trinajstić information content (AvgIpc) is 2.89. The Bertz CT molecular complexity index is 155. The maximum Gasteiger partial charge on any atom is 0.508 e. The topological polar surface area (TPSA) is 60.6 Å². The maximum absolute atomic E-state index is 10.8. The Morgan fingerprint density at radius 1 is 1.17 bits per heavy atom. The molecule has 2 aliphatic heterocycles. The zero-order chi connectivity index (χ0) is 8.39. The third-order valence-corrected chi connectivity index (χ3v) is 1.58. The van der Waals surface area contributed by atoms with Gasteiger partial charge in [-0.2, -0.15) is 0 Å². The molecule has 2 saturated heterocycles. The van der Waals surface area contributed by atoms with Crippen LogP contribution in [-0.2, 0) is 18.9 Å². The Morgan fingerprint density at radius 3 is 1.92 bits per heavy atom. The Morgan fingerprint density at radius 2 is 1.58 bits per heavy atom. The quantitative estimate of drug-likeness (QED) is 0.441. The maximum atomic E-state index is 10.8. The summed E-state index contributed by atoms with van der Waals surface area (Å²) < 4.78 is 19.1. The Hall–Kier alpha value is -0.810. The highest BCUT2D eigenvalue weighted by Crippen LogP contribution is 2.11. The van der Waals surface area contributed by atoms with Gasteiger partial charge >= 0.3 is 6.16 Å². The molecule has 0 aromatic heterocycles. The Balaban J connectivity index is 1.50. The van der Waals surface area contributed by atoms with Crippen LogP contribution in [0.1, 0.15) is 0 Å². The number of rotatable bonds is 4. The molecule has 0 radical (unpaired) electrons. The molecule has 0 saturated carbocycles. The van der Waals surface area contributed by atoms with Crippen molar-refractivity contribution < 1.29 is 23.7 Å². The Labute approximate surface area is 69.5 Å². The number of ether oxygens (including phenoxy) is 4. The third-order valence-electron chi connectivity index (χ3n) is 1.58. The van der Waals surface area contributed by atoms with Gasteiger partial charge in [-0.15, -0.1) is 0 Å².